The third-order valence-electron chi connectivity index (χ3n) is 4.12. The van der Waals surface area contributed by atoms with Gasteiger partial charge in [-0.3, -0.25) is 4.79 Å². The fourth-order valence-corrected chi connectivity index (χ4v) is 2.90. The minimum atomic E-state index is -0.414. The Hall–Kier alpha value is -3.27. The van der Waals surface area contributed by atoms with E-state index in [0.29, 0.717) is 23.7 Å². The number of nitrogens with two attached hydrogens (primary N) is 1. The standard InChI is InChI=1S/C22H22N2O2/c1-2-26-18-13-14-20(19(23)15-18)24-22(25)21(16-9-5-3-6-10-16)17-11-7-4-8-12-17/h3-15,21H,2,23H2,1H3,(H,24,25). The Labute approximate surface area is 153 Å². The molecule has 0 aromatic heterocycles. The van der Waals surface area contributed by atoms with Crippen molar-refractivity contribution in [3.63, 3.8) is 0 Å². The van der Waals surface area contributed by atoms with Crippen LogP contribution in [0, 0.1) is 0 Å². The van der Waals surface area contributed by atoms with E-state index in [9.17, 15) is 4.79 Å². The third-order valence-corrected chi connectivity index (χ3v) is 4.12. The van der Waals surface area contributed by atoms with Crippen molar-refractivity contribution in [1.29, 1.82) is 0 Å². The number of hydrogen-bond donors (Lipinski definition) is 2. The van der Waals surface area contributed by atoms with Crippen LogP contribution in [0.3, 0.4) is 0 Å². The highest BCUT2D eigenvalue weighted by atomic mass is 16.5. The first-order chi connectivity index (χ1) is 12.7. The maximum Gasteiger partial charge on any atom is 0.236 e. The second-order valence-corrected chi connectivity index (χ2v) is 5.93. The molecule has 4 heteroatoms. The van der Waals surface area contributed by atoms with Gasteiger partial charge in [0.2, 0.25) is 5.91 Å². The van der Waals surface area contributed by atoms with E-state index in [1.54, 1.807) is 18.2 Å². The first-order valence-corrected chi connectivity index (χ1v) is 8.62. The van der Waals surface area contributed by atoms with Crippen LogP contribution < -0.4 is 15.8 Å². The molecule has 0 spiro atoms. The van der Waals surface area contributed by atoms with Gasteiger partial charge in [-0.1, -0.05) is 60.7 Å². The SMILES string of the molecule is CCOc1ccc(NC(=O)C(c2ccccc2)c2ccccc2)c(N)c1. The maximum atomic E-state index is 13.1. The number of benzene rings is 3. The molecule has 0 saturated heterocycles. The van der Waals surface area contributed by atoms with Crippen molar-refractivity contribution in [2.45, 2.75) is 12.8 Å². The predicted octanol–water partition coefficient (Wildman–Crippen LogP) is 4.44. The van der Waals surface area contributed by atoms with Gasteiger partial charge in [-0.05, 0) is 30.2 Å². The summed E-state index contributed by atoms with van der Waals surface area (Å²) < 4.78 is 5.44. The molecule has 0 aliphatic carbocycles. The number of hydrogen-bond acceptors (Lipinski definition) is 3. The lowest BCUT2D eigenvalue weighted by atomic mass is 9.90. The highest BCUT2D eigenvalue weighted by molar-refractivity contribution is 6.00. The zero-order valence-electron chi connectivity index (χ0n) is 14.7. The van der Waals surface area contributed by atoms with E-state index < -0.39 is 5.92 Å². The highest BCUT2D eigenvalue weighted by Crippen LogP contribution is 2.29. The first kappa shape index (κ1) is 17.5. The van der Waals surface area contributed by atoms with Gasteiger partial charge in [-0.15, -0.1) is 0 Å². The topological polar surface area (TPSA) is 64.3 Å². The van der Waals surface area contributed by atoms with Crippen LogP contribution in [-0.4, -0.2) is 12.5 Å². The Morgan fingerprint density at radius 1 is 0.962 bits per heavy atom. The lowest BCUT2D eigenvalue weighted by Crippen LogP contribution is -2.22. The molecule has 3 rings (SSSR count). The van der Waals surface area contributed by atoms with Gasteiger partial charge in [0.15, 0.2) is 0 Å². The van der Waals surface area contributed by atoms with Crippen LogP contribution in [0.5, 0.6) is 5.75 Å². The van der Waals surface area contributed by atoms with Crippen molar-refractivity contribution in [3.8, 4) is 5.75 Å². The molecule has 0 saturated carbocycles. The van der Waals surface area contributed by atoms with Crippen LogP contribution in [0.4, 0.5) is 11.4 Å². The molecule has 0 aliphatic heterocycles. The number of anilines is 2. The summed E-state index contributed by atoms with van der Waals surface area (Å²) in [6.45, 7) is 2.48. The molecule has 0 radical (unpaired) electrons. The number of carbonyl (C=O) groups is 1. The van der Waals surface area contributed by atoms with E-state index in [1.807, 2.05) is 67.6 Å². The summed E-state index contributed by atoms with van der Waals surface area (Å²) in [5, 5.41) is 2.96. The fourth-order valence-electron chi connectivity index (χ4n) is 2.90. The van der Waals surface area contributed by atoms with Gasteiger partial charge in [0.1, 0.15) is 5.75 Å². The third kappa shape index (κ3) is 4.03. The average Bonchev–Trinajstić information content (AvgIpc) is 2.66. The van der Waals surface area contributed by atoms with Crippen molar-refractivity contribution >= 4 is 17.3 Å². The van der Waals surface area contributed by atoms with Crippen molar-refractivity contribution < 1.29 is 9.53 Å². The molecule has 3 N–H and O–H groups in total. The first-order valence-electron chi connectivity index (χ1n) is 8.62. The number of nitrogen functional groups attached to an aromatic ring is 1. The summed E-state index contributed by atoms with van der Waals surface area (Å²) >= 11 is 0. The summed E-state index contributed by atoms with van der Waals surface area (Å²) in [4.78, 5) is 13.1. The van der Waals surface area contributed by atoms with E-state index in [2.05, 4.69) is 5.32 Å². The van der Waals surface area contributed by atoms with Gasteiger partial charge in [-0.2, -0.15) is 0 Å². The molecule has 0 atom stereocenters. The van der Waals surface area contributed by atoms with Crippen LogP contribution in [0.15, 0.2) is 78.9 Å². The van der Waals surface area contributed by atoms with Crippen molar-refractivity contribution in [2.75, 3.05) is 17.7 Å². The van der Waals surface area contributed by atoms with Crippen LogP contribution >= 0.6 is 0 Å². The van der Waals surface area contributed by atoms with E-state index in [-0.39, 0.29) is 5.91 Å². The summed E-state index contributed by atoms with van der Waals surface area (Å²) in [5.41, 5.74) is 9.00. The van der Waals surface area contributed by atoms with Crippen LogP contribution in [0.2, 0.25) is 0 Å². The van der Waals surface area contributed by atoms with Gasteiger partial charge >= 0.3 is 0 Å². The molecule has 0 bridgehead atoms. The molecule has 0 heterocycles. The largest absolute Gasteiger partial charge is 0.494 e. The number of amides is 1. The van der Waals surface area contributed by atoms with Crippen molar-refractivity contribution in [1.82, 2.24) is 0 Å². The van der Waals surface area contributed by atoms with E-state index in [0.717, 1.165) is 11.1 Å². The maximum absolute atomic E-state index is 13.1. The van der Waals surface area contributed by atoms with Crippen molar-refractivity contribution in [3.05, 3.63) is 90.0 Å². The Balaban J connectivity index is 1.89. The zero-order valence-corrected chi connectivity index (χ0v) is 14.7. The van der Waals surface area contributed by atoms with Crippen LogP contribution in [0.1, 0.15) is 24.0 Å². The smallest absolute Gasteiger partial charge is 0.236 e. The molecule has 132 valence electrons. The second-order valence-electron chi connectivity index (χ2n) is 5.93. The minimum absolute atomic E-state index is 0.127. The molecular weight excluding hydrogens is 324 g/mol. The molecule has 0 unspecified atom stereocenters. The number of ether oxygens (including phenoxy) is 1. The van der Waals surface area contributed by atoms with E-state index in [4.69, 9.17) is 10.5 Å². The Bertz CT molecular complexity index is 824. The molecular formula is C22H22N2O2. The quantitative estimate of drug-likeness (QED) is 0.649. The van der Waals surface area contributed by atoms with Gasteiger partial charge in [-0.25, -0.2) is 0 Å². The summed E-state index contributed by atoms with van der Waals surface area (Å²) in [7, 11) is 0. The highest BCUT2D eigenvalue weighted by Gasteiger charge is 2.23. The summed E-state index contributed by atoms with van der Waals surface area (Å²) in [6.07, 6.45) is 0. The van der Waals surface area contributed by atoms with Gasteiger partial charge in [0.25, 0.3) is 0 Å². The van der Waals surface area contributed by atoms with Crippen molar-refractivity contribution in [2.24, 2.45) is 0 Å². The molecule has 0 fully saturated rings. The van der Waals surface area contributed by atoms with Gasteiger partial charge in [0, 0.05) is 6.07 Å². The zero-order chi connectivity index (χ0) is 18.4. The second kappa shape index (κ2) is 8.21. The molecule has 3 aromatic carbocycles. The molecule has 26 heavy (non-hydrogen) atoms. The fraction of sp³-hybridized carbons (Fsp3) is 0.136. The lowest BCUT2D eigenvalue weighted by Gasteiger charge is -2.19. The molecule has 4 nitrogen and oxygen atoms in total. The minimum Gasteiger partial charge on any atom is -0.494 e. The van der Waals surface area contributed by atoms with Crippen LogP contribution in [-0.2, 0) is 4.79 Å². The Morgan fingerprint density at radius 2 is 1.54 bits per heavy atom. The number of nitrogens with one attached hydrogen (secondary N) is 1. The summed E-state index contributed by atoms with van der Waals surface area (Å²) in [5.74, 6) is 0.146. The Kier molecular flexibility index (Phi) is 5.54. The van der Waals surface area contributed by atoms with E-state index in [1.165, 1.54) is 0 Å². The van der Waals surface area contributed by atoms with Gasteiger partial charge in [0.05, 0.1) is 23.9 Å². The number of rotatable bonds is 6. The number of carbonyl (C=O) groups excluding carboxylic acids is 1. The summed E-state index contributed by atoms with van der Waals surface area (Å²) in [6, 6.07) is 24.7. The van der Waals surface area contributed by atoms with Crippen LogP contribution in [0.25, 0.3) is 0 Å². The molecule has 0 aliphatic rings. The molecule has 3 aromatic rings. The predicted molar refractivity (Wildman–Crippen MR) is 105 cm³/mol. The normalized spacial score (nSPS) is 10.5. The monoisotopic (exact) mass is 346 g/mol. The van der Waals surface area contributed by atoms with E-state index >= 15 is 0 Å². The Morgan fingerprint density at radius 3 is 2.04 bits per heavy atom. The molecule has 1 amide bonds. The lowest BCUT2D eigenvalue weighted by molar-refractivity contribution is -0.116. The van der Waals surface area contributed by atoms with Gasteiger partial charge < -0.3 is 15.8 Å². The average molecular weight is 346 g/mol.